The third-order valence-electron chi connectivity index (χ3n) is 6.60. The summed E-state index contributed by atoms with van der Waals surface area (Å²) in [5, 5.41) is 7.30. The van der Waals surface area contributed by atoms with E-state index < -0.39 is 30.0 Å². The lowest BCUT2D eigenvalue weighted by molar-refractivity contribution is -0.148. The molecule has 6 rings (SSSR count). The lowest BCUT2D eigenvalue weighted by Gasteiger charge is -2.11. The number of rotatable bonds is 6. The highest BCUT2D eigenvalue weighted by Gasteiger charge is 2.44. The number of imidazole rings is 1. The number of aromatic nitrogens is 8. The minimum Gasteiger partial charge on any atom is -0.480 e. The summed E-state index contributed by atoms with van der Waals surface area (Å²) >= 11 is 0. The van der Waals surface area contributed by atoms with Gasteiger partial charge in [-0.15, -0.1) is 0 Å². The molecule has 0 N–H and O–H groups in total. The van der Waals surface area contributed by atoms with Crippen LogP contribution in [0.25, 0.3) is 27.8 Å². The molecular formula is C24H18F6N8O2. The van der Waals surface area contributed by atoms with Gasteiger partial charge >= 0.3 is 18.4 Å². The smallest absolute Gasteiger partial charge is 0.435 e. The van der Waals surface area contributed by atoms with Gasteiger partial charge in [0.2, 0.25) is 5.88 Å². The second-order valence-corrected chi connectivity index (χ2v) is 9.15. The monoisotopic (exact) mass is 564 g/mol. The first-order chi connectivity index (χ1) is 19.0. The van der Waals surface area contributed by atoms with Crippen molar-refractivity contribution in [3.63, 3.8) is 0 Å². The molecule has 2 atom stereocenters. The van der Waals surface area contributed by atoms with Gasteiger partial charge < -0.3 is 9.47 Å². The van der Waals surface area contributed by atoms with Crippen LogP contribution in [0.2, 0.25) is 0 Å². The molecule has 5 heterocycles. The van der Waals surface area contributed by atoms with Gasteiger partial charge in [0.15, 0.2) is 11.3 Å². The van der Waals surface area contributed by atoms with Crippen molar-refractivity contribution < 1.29 is 35.8 Å². The van der Waals surface area contributed by atoms with Gasteiger partial charge in [-0.2, -0.15) is 41.5 Å². The zero-order valence-electron chi connectivity index (χ0n) is 20.7. The van der Waals surface area contributed by atoms with Crippen LogP contribution in [0.15, 0.2) is 36.9 Å². The van der Waals surface area contributed by atoms with Crippen molar-refractivity contribution in [3.05, 3.63) is 53.9 Å². The number of hydrogen-bond donors (Lipinski definition) is 0. The fourth-order valence-corrected chi connectivity index (χ4v) is 4.78. The number of methoxy groups -OCH3 is 2. The highest BCUT2D eigenvalue weighted by Crippen LogP contribution is 2.55. The van der Waals surface area contributed by atoms with E-state index in [9.17, 15) is 26.3 Å². The summed E-state index contributed by atoms with van der Waals surface area (Å²) in [5.41, 5.74) is 0.906. The van der Waals surface area contributed by atoms with Gasteiger partial charge in [0, 0.05) is 42.0 Å². The molecule has 40 heavy (non-hydrogen) atoms. The minimum atomic E-state index is -4.94. The maximum Gasteiger partial charge on any atom is 0.435 e. The van der Waals surface area contributed by atoms with Crippen molar-refractivity contribution in [3.8, 4) is 23.1 Å². The predicted molar refractivity (Wildman–Crippen MR) is 126 cm³/mol. The van der Waals surface area contributed by atoms with E-state index in [0.717, 1.165) is 11.8 Å². The molecule has 5 aromatic heterocycles. The number of alkyl halides is 6. The predicted octanol–water partition coefficient (Wildman–Crippen LogP) is 4.80. The van der Waals surface area contributed by atoms with E-state index in [-0.39, 0.29) is 29.2 Å². The standard InChI is InChI=1S/C24H18F6N8O2/c1-39-21-14(8-33-22(34-21)40-2)17-6-13(20-31-3-4-37(20)35-17)11-5-12(11)16-7-18-15(9-32-16)19(24(28,29)30)36-38(18)10-23(25,26)27/h3-4,6-9,11-12H,5,10H2,1-2H3/t11-,12-/m0/s1. The number of pyridine rings is 1. The van der Waals surface area contributed by atoms with Crippen LogP contribution < -0.4 is 9.47 Å². The van der Waals surface area contributed by atoms with E-state index in [2.05, 4.69) is 30.1 Å². The first-order valence-corrected chi connectivity index (χ1v) is 11.8. The van der Waals surface area contributed by atoms with Crippen LogP contribution in [0.4, 0.5) is 26.3 Å². The number of nitrogens with zero attached hydrogens (tertiary/aromatic N) is 8. The molecule has 10 nitrogen and oxygen atoms in total. The summed E-state index contributed by atoms with van der Waals surface area (Å²) < 4.78 is 92.2. The Labute approximate surface area is 220 Å². The van der Waals surface area contributed by atoms with E-state index in [1.165, 1.54) is 26.5 Å². The van der Waals surface area contributed by atoms with Gasteiger partial charge in [0.25, 0.3) is 0 Å². The molecule has 1 saturated carbocycles. The van der Waals surface area contributed by atoms with Crippen LogP contribution in [0.5, 0.6) is 11.9 Å². The second-order valence-electron chi connectivity index (χ2n) is 9.15. The Hall–Kier alpha value is -4.50. The van der Waals surface area contributed by atoms with E-state index in [0.29, 0.717) is 33.7 Å². The van der Waals surface area contributed by atoms with E-state index >= 15 is 0 Å². The summed E-state index contributed by atoms with van der Waals surface area (Å²) in [4.78, 5) is 16.9. The zero-order valence-corrected chi connectivity index (χ0v) is 20.7. The van der Waals surface area contributed by atoms with E-state index in [1.54, 1.807) is 23.0 Å². The lowest BCUT2D eigenvalue weighted by atomic mass is 10.1. The van der Waals surface area contributed by atoms with E-state index in [4.69, 9.17) is 9.47 Å². The molecule has 0 unspecified atom stereocenters. The lowest BCUT2D eigenvalue weighted by Crippen LogP contribution is -2.19. The maximum absolute atomic E-state index is 13.5. The molecule has 0 spiro atoms. The maximum atomic E-state index is 13.5. The zero-order chi connectivity index (χ0) is 28.4. The summed E-state index contributed by atoms with van der Waals surface area (Å²) in [5.74, 6) is -0.233. The van der Waals surface area contributed by atoms with Gasteiger partial charge in [0.1, 0.15) is 6.54 Å². The average Bonchev–Trinajstić information content (AvgIpc) is 3.41. The largest absolute Gasteiger partial charge is 0.480 e. The highest BCUT2D eigenvalue weighted by atomic mass is 19.4. The number of fused-ring (bicyclic) bond motifs is 2. The normalized spacial score (nSPS) is 17.5. The van der Waals surface area contributed by atoms with Gasteiger partial charge in [-0.05, 0) is 24.5 Å². The Bertz CT molecular complexity index is 1750. The molecule has 1 aliphatic carbocycles. The fourth-order valence-electron chi connectivity index (χ4n) is 4.78. The molecule has 1 fully saturated rings. The summed E-state index contributed by atoms with van der Waals surface area (Å²) in [7, 11) is 2.86. The molecule has 0 radical (unpaired) electrons. The molecule has 1 aliphatic rings. The molecule has 0 bridgehead atoms. The second kappa shape index (κ2) is 9.02. The molecule has 0 saturated heterocycles. The number of ether oxygens (including phenoxy) is 2. The molecule has 0 amide bonds. The third kappa shape index (κ3) is 4.52. The molecule has 16 heteroatoms. The third-order valence-corrected chi connectivity index (χ3v) is 6.60. The Morgan fingerprint density at radius 1 is 0.950 bits per heavy atom. The fraction of sp³-hybridized carbons (Fsp3) is 0.333. The molecule has 208 valence electrons. The van der Waals surface area contributed by atoms with Crippen LogP contribution in [-0.2, 0) is 12.7 Å². The van der Waals surface area contributed by atoms with Crippen molar-refractivity contribution in [2.24, 2.45) is 0 Å². The summed E-state index contributed by atoms with van der Waals surface area (Å²) in [6, 6.07) is 3.14. The van der Waals surface area contributed by atoms with Crippen LogP contribution in [0.3, 0.4) is 0 Å². The molecule has 0 aliphatic heterocycles. The quantitative estimate of drug-likeness (QED) is 0.271. The summed E-state index contributed by atoms with van der Waals surface area (Å²) in [6.45, 7) is -1.66. The number of halogens is 6. The SMILES string of the molecule is COc1ncc(-c2cc([C@H]3C[C@@H]3c3cc4c(cn3)c(C(F)(F)F)nn4CC(F)(F)F)c3nccn3n2)c(OC)n1. The van der Waals surface area contributed by atoms with Crippen LogP contribution in [0.1, 0.15) is 35.2 Å². The van der Waals surface area contributed by atoms with Gasteiger partial charge in [-0.1, -0.05) is 0 Å². The minimum absolute atomic E-state index is 0.103. The van der Waals surface area contributed by atoms with Crippen LogP contribution in [0, 0.1) is 0 Å². The highest BCUT2D eigenvalue weighted by molar-refractivity contribution is 5.82. The average molecular weight is 564 g/mol. The van der Waals surface area contributed by atoms with Crippen molar-refractivity contribution in [1.82, 2.24) is 39.3 Å². The van der Waals surface area contributed by atoms with Crippen LogP contribution >= 0.6 is 0 Å². The first kappa shape index (κ1) is 25.8. The van der Waals surface area contributed by atoms with E-state index in [1.807, 2.05) is 0 Å². The van der Waals surface area contributed by atoms with Gasteiger partial charge in [0.05, 0.1) is 36.4 Å². The Morgan fingerprint density at radius 3 is 2.45 bits per heavy atom. The molecule has 0 aromatic carbocycles. The Balaban J connectivity index is 1.40. The van der Waals surface area contributed by atoms with Gasteiger partial charge in [-0.3, -0.25) is 9.67 Å². The van der Waals surface area contributed by atoms with Gasteiger partial charge in [-0.25, -0.2) is 14.5 Å². The Kier molecular flexibility index (Phi) is 5.81. The van der Waals surface area contributed by atoms with Crippen LogP contribution in [-0.4, -0.2) is 59.7 Å². The molecule has 5 aromatic rings. The first-order valence-electron chi connectivity index (χ1n) is 11.8. The van der Waals surface area contributed by atoms with Crippen molar-refractivity contribution in [1.29, 1.82) is 0 Å². The van der Waals surface area contributed by atoms with Crippen molar-refractivity contribution >= 4 is 16.6 Å². The Morgan fingerprint density at radius 2 is 1.75 bits per heavy atom. The summed E-state index contributed by atoms with van der Waals surface area (Å²) in [6.07, 6.45) is -3.51. The number of hydrogen-bond acceptors (Lipinski definition) is 8. The topological polar surface area (TPSA) is 105 Å². The van der Waals surface area contributed by atoms with Crippen molar-refractivity contribution in [2.75, 3.05) is 14.2 Å². The van der Waals surface area contributed by atoms with Crippen molar-refractivity contribution in [2.45, 2.75) is 37.2 Å². The molecular weight excluding hydrogens is 546 g/mol.